The summed E-state index contributed by atoms with van der Waals surface area (Å²) in [6, 6.07) is 8.32. The third kappa shape index (κ3) is 6.39. The monoisotopic (exact) mass is 262 g/mol. The van der Waals surface area contributed by atoms with Crippen molar-refractivity contribution < 1.29 is 4.79 Å². The topological polar surface area (TPSA) is 41.1 Å². The molecule has 0 aliphatic rings. The highest BCUT2D eigenvalue weighted by Gasteiger charge is 2.06. The Balaban J connectivity index is 2.47. The average Bonchev–Trinajstić information content (AvgIpc) is 2.33. The molecule has 0 radical (unpaired) electrons. The van der Waals surface area contributed by atoms with Gasteiger partial charge in [0.2, 0.25) is 5.91 Å². The summed E-state index contributed by atoms with van der Waals surface area (Å²) in [5, 5.41) is 6.34. The van der Waals surface area contributed by atoms with E-state index in [-0.39, 0.29) is 5.91 Å². The molecule has 0 aliphatic heterocycles. The molecule has 1 aromatic carbocycles. The van der Waals surface area contributed by atoms with Crippen molar-refractivity contribution in [3.8, 4) is 0 Å². The van der Waals surface area contributed by atoms with Gasteiger partial charge in [-0.05, 0) is 49.9 Å². The first-order valence-corrected chi connectivity index (χ1v) is 7.10. The van der Waals surface area contributed by atoms with Crippen molar-refractivity contribution in [2.24, 2.45) is 5.92 Å². The molecule has 19 heavy (non-hydrogen) atoms. The first-order valence-electron chi connectivity index (χ1n) is 7.10. The minimum absolute atomic E-state index is 0.0327. The zero-order valence-corrected chi connectivity index (χ0v) is 12.5. The summed E-state index contributed by atoms with van der Waals surface area (Å²) in [5.74, 6) is 0.731. The van der Waals surface area contributed by atoms with Crippen LogP contribution in [0.2, 0.25) is 0 Å². The van der Waals surface area contributed by atoms with Crippen molar-refractivity contribution >= 4 is 11.6 Å². The summed E-state index contributed by atoms with van der Waals surface area (Å²) in [5.41, 5.74) is 2.07. The first-order chi connectivity index (χ1) is 8.99. The largest absolute Gasteiger partial charge is 0.326 e. The number of benzene rings is 1. The summed E-state index contributed by atoms with van der Waals surface area (Å²) in [6.45, 7) is 9.22. The molecule has 0 spiro atoms. The fraction of sp³-hybridized carbons (Fsp3) is 0.562. The van der Waals surface area contributed by atoms with Crippen LogP contribution in [0.1, 0.15) is 52.1 Å². The van der Waals surface area contributed by atoms with E-state index in [0.717, 1.165) is 18.2 Å². The zero-order valence-electron chi connectivity index (χ0n) is 12.5. The van der Waals surface area contributed by atoms with Crippen molar-refractivity contribution in [1.29, 1.82) is 0 Å². The maximum Gasteiger partial charge on any atom is 0.221 e. The minimum atomic E-state index is -0.0327. The number of amides is 1. The third-order valence-electron chi connectivity index (χ3n) is 3.12. The third-order valence-corrected chi connectivity index (χ3v) is 3.12. The first kappa shape index (κ1) is 15.7. The van der Waals surface area contributed by atoms with Gasteiger partial charge in [-0.25, -0.2) is 0 Å². The van der Waals surface area contributed by atoms with E-state index < -0.39 is 0 Å². The number of rotatable bonds is 7. The number of hydrogen-bond donors (Lipinski definition) is 2. The fourth-order valence-electron chi connectivity index (χ4n) is 2.04. The second-order valence-electron chi connectivity index (χ2n) is 5.52. The second kappa shape index (κ2) is 7.95. The summed E-state index contributed by atoms with van der Waals surface area (Å²) in [4.78, 5) is 11.0. The maximum absolute atomic E-state index is 11.0. The van der Waals surface area contributed by atoms with E-state index in [1.165, 1.54) is 25.3 Å². The van der Waals surface area contributed by atoms with E-state index in [0.29, 0.717) is 6.04 Å². The van der Waals surface area contributed by atoms with E-state index in [2.05, 4.69) is 37.5 Å². The summed E-state index contributed by atoms with van der Waals surface area (Å²) in [7, 11) is 0. The van der Waals surface area contributed by atoms with Crippen LogP contribution in [0.5, 0.6) is 0 Å². The molecule has 1 unspecified atom stereocenters. The summed E-state index contributed by atoms with van der Waals surface area (Å²) in [6.07, 6.45) is 2.46. The zero-order chi connectivity index (χ0) is 14.3. The van der Waals surface area contributed by atoms with Crippen LogP contribution in [0.3, 0.4) is 0 Å². The van der Waals surface area contributed by atoms with Crippen molar-refractivity contribution in [1.82, 2.24) is 5.32 Å². The van der Waals surface area contributed by atoms with Crippen LogP contribution in [-0.2, 0) is 4.79 Å². The molecule has 2 N–H and O–H groups in total. The van der Waals surface area contributed by atoms with Gasteiger partial charge >= 0.3 is 0 Å². The minimum Gasteiger partial charge on any atom is -0.326 e. The van der Waals surface area contributed by atoms with Gasteiger partial charge in [-0.15, -0.1) is 0 Å². The molecule has 0 aliphatic carbocycles. The number of carbonyl (C=O) groups is 1. The van der Waals surface area contributed by atoms with E-state index >= 15 is 0 Å². The standard InChI is InChI=1S/C16H26N2O/c1-12(2)7-6-10-17-13(3)15-8-5-9-16(11-15)18-14(4)19/h5,8-9,11-13,17H,6-7,10H2,1-4H3,(H,18,19). The molecule has 1 rings (SSSR count). The van der Waals surface area contributed by atoms with Crippen LogP contribution in [0.25, 0.3) is 0 Å². The van der Waals surface area contributed by atoms with Gasteiger partial charge in [0.1, 0.15) is 0 Å². The predicted octanol–water partition coefficient (Wildman–Crippen LogP) is 3.73. The van der Waals surface area contributed by atoms with Crippen LogP contribution in [0.15, 0.2) is 24.3 Å². The van der Waals surface area contributed by atoms with Crippen LogP contribution in [0.4, 0.5) is 5.69 Å². The molecule has 3 nitrogen and oxygen atoms in total. The fourth-order valence-corrected chi connectivity index (χ4v) is 2.04. The van der Waals surface area contributed by atoms with Crippen LogP contribution in [-0.4, -0.2) is 12.5 Å². The van der Waals surface area contributed by atoms with Crippen molar-refractivity contribution in [3.05, 3.63) is 29.8 Å². The van der Waals surface area contributed by atoms with Gasteiger partial charge in [0.15, 0.2) is 0 Å². The Bertz CT molecular complexity index is 401. The van der Waals surface area contributed by atoms with Crippen LogP contribution >= 0.6 is 0 Å². The summed E-state index contributed by atoms with van der Waals surface area (Å²) >= 11 is 0. The average molecular weight is 262 g/mol. The predicted molar refractivity (Wildman–Crippen MR) is 81.2 cm³/mol. The van der Waals surface area contributed by atoms with E-state index in [4.69, 9.17) is 0 Å². The normalized spacial score (nSPS) is 12.5. The lowest BCUT2D eigenvalue weighted by molar-refractivity contribution is -0.114. The van der Waals surface area contributed by atoms with Gasteiger partial charge in [0.05, 0.1) is 0 Å². The Morgan fingerprint density at radius 2 is 2.00 bits per heavy atom. The van der Waals surface area contributed by atoms with Crippen molar-refractivity contribution in [2.45, 2.75) is 46.6 Å². The second-order valence-corrected chi connectivity index (χ2v) is 5.52. The van der Waals surface area contributed by atoms with E-state index in [1.807, 2.05) is 18.2 Å². The molecule has 0 saturated heterocycles. The number of carbonyl (C=O) groups excluding carboxylic acids is 1. The molecular formula is C16H26N2O. The lowest BCUT2D eigenvalue weighted by Crippen LogP contribution is -2.20. The smallest absolute Gasteiger partial charge is 0.221 e. The SMILES string of the molecule is CC(=O)Nc1cccc(C(C)NCCCC(C)C)c1. The molecule has 1 aromatic rings. The Hall–Kier alpha value is -1.35. The van der Waals surface area contributed by atoms with E-state index in [9.17, 15) is 4.79 Å². The van der Waals surface area contributed by atoms with Gasteiger partial charge in [-0.1, -0.05) is 26.0 Å². The van der Waals surface area contributed by atoms with E-state index in [1.54, 1.807) is 0 Å². The van der Waals surface area contributed by atoms with Crippen molar-refractivity contribution in [3.63, 3.8) is 0 Å². The Kier molecular flexibility index (Phi) is 6.57. The molecule has 0 fully saturated rings. The van der Waals surface area contributed by atoms with Gasteiger partial charge < -0.3 is 10.6 Å². The van der Waals surface area contributed by atoms with Crippen LogP contribution < -0.4 is 10.6 Å². The molecule has 0 bridgehead atoms. The molecule has 3 heteroatoms. The molecule has 0 aromatic heterocycles. The highest BCUT2D eigenvalue weighted by Crippen LogP contribution is 2.17. The lowest BCUT2D eigenvalue weighted by atomic mass is 10.1. The number of nitrogens with one attached hydrogen (secondary N) is 2. The Morgan fingerprint density at radius 3 is 2.63 bits per heavy atom. The van der Waals surface area contributed by atoms with Gasteiger partial charge in [-0.3, -0.25) is 4.79 Å². The van der Waals surface area contributed by atoms with Crippen LogP contribution in [0, 0.1) is 5.92 Å². The molecule has 106 valence electrons. The molecule has 0 saturated carbocycles. The van der Waals surface area contributed by atoms with Crippen molar-refractivity contribution in [2.75, 3.05) is 11.9 Å². The Morgan fingerprint density at radius 1 is 1.26 bits per heavy atom. The lowest BCUT2D eigenvalue weighted by Gasteiger charge is -2.16. The van der Waals surface area contributed by atoms with Gasteiger partial charge in [0, 0.05) is 18.7 Å². The molecule has 1 atom stereocenters. The molecule has 1 amide bonds. The molecular weight excluding hydrogens is 236 g/mol. The number of hydrogen-bond acceptors (Lipinski definition) is 2. The summed E-state index contributed by atoms with van der Waals surface area (Å²) < 4.78 is 0. The highest BCUT2D eigenvalue weighted by atomic mass is 16.1. The Labute approximate surface area is 116 Å². The van der Waals surface area contributed by atoms with Gasteiger partial charge in [-0.2, -0.15) is 0 Å². The number of anilines is 1. The molecule has 0 heterocycles. The highest BCUT2D eigenvalue weighted by molar-refractivity contribution is 5.88. The van der Waals surface area contributed by atoms with Gasteiger partial charge in [0.25, 0.3) is 0 Å². The maximum atomic E-state index is 11.0. The quantitative estimate of drug-likeness (QED) is 0.735.